The molecule has 0 spiro atoms. The van der Waals surface area contributed by atoms with Crippen LogP contribution in [-0.4, -0.2) is 26.8 Å². The summed E-state index contributed by atoms with van der Waals surface area (Å²) in [4.78, 5) is 21.0. The summed E-state index contributed by atoms with van der Waals surface area (Å²) < 4.78 is 10.9. The van der Waals surface area contributed by atoms with Gasteiger partial charge in [0, 0.05) is 17.5 Å². The highest BCUT2D eigenvalue weighted by Crippen LogP contribution is 2.38. The number of ether oxygens (including phenoxy) is 1. The van der Waals surface area contributed by atoms with Crippen LogP contribution >= 0.6 is 0 Å². The Kier molecular flexibility index (Phi) is 4.49. The molecule has 25 heavy (non-hydrogen) atoms. The van der Waals surface area contributed by atoms with Gasteiger partial charge in [0.05, 0.1) is 0 Å². The van der Waals surface area contributed by atoms with Crippen LogP contribution in [0.15, 0.2) is 22.9 Å². The highest BCUT2D eigenvalue weighted by Gasteiger charge is 2.42. The van der Waals surface area contributed by atoms with Gasteiger partial charge >= 0.3 is 6.09 Å². The number of nitrogens with zero attached hydrogens (tertiary/aromatic N) is 3. The number of carbonyl (C=O) groups excluding carboxylic acids is 1. The zero-order valence-electron chi connectivity index (χ0n) is 15.1. The zero-order valence-corrected chi connectivity index (χ0v) is 15.1. The molecule has 134 valence electrons. The van der Waals surface area contributed by atoms with Crippen molar-refractivity contribution in [2.45, 2.75) is 64.5 Å². The van der Waals surface area contributed by atoms with Gasteiger partial charge in [-0.15, -0.1) is 0 Å². The molecule has 2 aromatic rings. The van der Waals surface area contributed by atoms with Crippen molar-refractivity contribution >= 4 is 6.09 Å². The predicted octanol–water partition coefficient (Wildman–Crippen LogP) is 3.73. The van der Waals surface area contributed by atoms with Gasteiger partial charge in [0.25, 0.3) is 5.89 Å². The maximum Gasteiger partial charge on any atom is 0.408 e. The maximum atomic E-state index is 12.3. The van der Waals surface area contributed by atoms with Crippen LogP contribution in [0, 0.1) is 6.92 Å². The summed E-state index contributed by atoms with van der Waals surface area (Å²) in [6.45, 7) is 7.42. The number of pyridine rings is 1. The standard InChI is InChI=1S/C18H24N4O3/c1-12-11-13(7-10-19-12)14-20-15(22-25-14)18(8-5-6-9-18)21-16(23)24-17(2,3)4/h7,10-11H,5-6,8-9H2,1-4H3,(H,21,23). The van der Waals surface area contributed by atoms with Gasteiger partial charge in [-0.2, -0.15) is 4.98 Å². The minimum atomic E-state index is -0.633. The normalized spacial score (nSPS) is 16.6. The molecule has 3 rings (SSSR count). The predicted molar refractivity (Wildman–Crippen MR) is 91.8 cm³/mol. The van der Waals surface area contributed by atoms with E-state index in [2.05, 4.69) is 20.4 Å². The fourth-order valence-electron chi connectivity index (χ4n) is 3.10. The average molecular weight is 344 g/mol. The van der Waals surface area contributed by atoms with Crippen LogP contribution in [0.4, 0.5) is 4.79 Å². The van der Waals surface area contributed by atoms with Crippen molar-refractivity contribution in [3.05, 3.63) is 29.8 Å². The Labute approximate surface area is 147 Å². The summed E-state index contributed by atoms with van der Waals surface area (Å²) in [6.07, 6.45) is 4.77. The van der Waals surface area contributed by atoms with Gasteiger partial charge in [-0.3, -0.25) is 4.98 Å². The van der Waals surface area contributed by atoms with E-state index in [-0.39, 0.29) is 0 Å². The molecule has 1 fully saturated rings. The third-order valence-corrected chi connectivity index (χ3v) is 4.19. The minimum absolute atomic E-state index is 0.428. The number of aryl methyl sites for hydroxylation is 1. The lowest BCUT2D eigenvalue weighted by atomic mass is 9.97. The van der Waals surface area contributed by atoms with Crippen molar-refractivity contribution in [1.29, 1.82) is 0 Å². The van der Waals surface area contributed by atoms with Crippen LogP contribution in [-0.2, 0) is 10.3 Å². The third kappa shape index (κ3) is 3.97. The summed E-state index contributed by atoms with van der Waals surface area (Å²) in [5.41, 5.74) is 0.504. The molecule has 7 nitrogen and oxygen atoms in total. The van der Waals surface area contributed by atoms with Crippen molar-refractivity contribution < 1.29 is 14.1 Å². The van der Waals surface area contributed by atoms with Gasteiger partial charge in [-0.05, 0) is 52.7 Å². The summed E-state index contributed by atoms with van der Waals surface area (Å²) >= 11 is 0. The zero-order chi connectivity index (χ0) is 18.1. The first-order chi connectivity index (χ1) is 11.8. The molecule has 0 atom stereocenters. The first-order valence-electron chi connectivity index (χ1n) is 8.56. The molecule has 1 aliphatic carbocycles. The number of hydrogen-bond acceptors (Lipinski definition) is 6. The van der Waals surface area contributed by atoms with E-state index in [1.54, 1.807) is 6.20 Å². The molecule has 0 bridgehead atoms. The fraction of sp³-hybridized carbons (Fsp3) is 0.556. The van der Waals surface area contributed by atoms with Crippen molar-refractivity contribution in [3.63, 3.8) is 0 Å². The van der Waals surface area contributed by atoms with Gasteiger partial charge in [-0.1, -0.05) is 18.0 Å². The second kappa shape index (κ2) is 6.46. The van der Waals surface area contributed by atoms with Crippen molar-refractivity contribution in [1.82, 2.24) is 20.4 Å². The summed E-state index contributed by atoms with van der Waals surface area (Å²) in [5, 5.41) is 7.13. The minimum Gasteiger partial charge on any atom is -0.444 e. The highest BCUT2D eigenvalue weighted by molar-refractivity contribution is 5.69. The fourth-order valence-corrected chi connectivity index (χ4v) is 3.10. The SMILES string of the molecule is Cc1cc(-c2nc(C3(NC(=O)OC(C)(C)C)CCCC3)no2)ccn1. The molecule has 0 saturated heterocycles. The Morgan fingerprint density at radius 3 is 2.68 bits per heavy atom. The molecule has 1 N–H and O–H groups in total. The molecular weight excluding hydrogens is 320 g/mol. The molecule has 1 amide bonds. The van der Waals surface area contributed by atoms with E-state index in [0.29, 0.717) is 11.7 Å². The number of rotatable bonds is 3. The van der Waals surface area contributed by atoms with Gasteiger partial charge < -0.3 is 14.6 Å². The molecule has 1 saturated carbocycles. The molecule has 2 aromatic heterocycles. The number of hydrogen-bond donors (Lipinski definition) is 1. The lowest BCUT2D eigenvalue weighted by Crippen LogP contribution is -2.46. The van der Waals surface area contributed by atoms with E-state index in [4.69, 9.17) is 9.26 Å². The molecule has 0 unspecified atom stereocenters. The first-order valence-corrected chi connectivity index (χ1v) is 8.56. The third-order valence-electron chi connectivity index (χ3n) is 4.19. The highest BCUT2D eigenvalue weighted by atomic mass is 16.6. The molecule has 1 aliphatic rings. The van der Waals surface area contributed by atoms with Gasteiger partial charge in [-0.25, -0.2) is 4.79 Å². The number of aromatic nitrogens is 3. The van der Waals surface area contributed by atoms with Crippen LogP contribution in [0.1, 0.15) is 58.0 Å². The largest absolute Gasteiger partial charge is 0.444 e. The molecular formula is C18H24N4O3. The summed E-state index contributed by atoms with van der Waals surface area (Å²) in [5.74, 6) is 0.929. The van der Waals surface area contributed by atoms with Gasteiger partial charge in [0.2, 0.25) is 0 Å². The first kappa shape index (κ1) is 17.4. The van der Waals surface area contributed by atoms with Crippen molar-refractivity contribution in [2.75, 3.05) is 0 Å². The Morgan fingerprint density at radius 2 is 2.04 bits per heavy atom. The van der Waals surface area contributed by atoms with E-state index in [0.717, 1.165) is 36.9 Å². The van der Waals surface area contributed by atoms with Crippen LogP contribution in [0.5, 0.6) is 0 Å². The van der Waals surface area contributed by atoms with Crippen LogP contribution in [0.3, 0.4) is 0 Å². The lowest BCUT2D eigenvalue weighted by molar-refractivity contribution is 0.0446. The number of carbonyl (C=O) groups is 1. The van der Waals surface area contributed by atoms with Crippen LogP contribution < -0.4 is 5.32 Å². The Hall–Kier alpha value is -2.44. The lowest BCUT2D eigenvalue weighted by Gasteiger charge is -2.28. The molecule has 0 radical (unpaired) electrons. The molecule has 7 heteroatoms. The average Bonchev–Trinajstić information content (AvgIpc) is 3.14. The second-order valence-corrected chi connectivity index (χ2v) is 7.53. The van der Waals surface area contributed by atoms with E-state index < -0.39 is 17.2 Å². The summed E-state index contributed by atoms with van der Waals surface area (Å²) in [6, 6.07) is 3.72. The van der Waals surface area contributed by atoms with Crippen LogP contribution in [0.25, 0.3) is 11.5 Å². The Morgan fingerprint density at radius 1 is 1.32 bits per heavy atom. The monoisotopic (exact) mass is 344 g/mol. The Bertz CT molecular complexity index is 758. The Balaban J connectivity index is 1.85. The van der Waals surface area contributed by atoms with E-state index in [1.165, 1.54) is 0 Å². The van der Waals surface area contributed by atoms with Crippen LogP contribution in [0.2, 0.25) is 0 Å². The van der Waals surface area contributed by atoms with E-state index >= 15 is 0 Å². The van der Waals surface area contributed by atoms with Crippen molar-refractivity contribution in [2.24, 2.45) is 0 Å². The van der Waals surface area contributed by atoms with Crippen molar-refractivity contribution in [3.8, 4) is 11.5 Å². The van der Waals surface area contributed by atoms with Gasteiger partial charge in [0.15, 0.2) is 5.82 Å². The second-order valence-electron chi connectivity index (χ2n) is 7.53. The van der Waals surface area contributed by atoms with E-state index in [9.17, 15) is 4.79 Å². The molecule has 2 heterocycles. The number of amides is 1. The van der Waals surface area contributed by atoms with E-state index in [1.807, 2.05) is 39.8 Å². The number of nitrogens with one attached hydrogen (secondary N) is 1. The molecule has 0 aliphatic heterocycles. The maximum absolute atomic E-state index is 12.3. The quantitative estimate of drug-likeness (QED) is 0.912. The molecule has 0 aromatic carbocycles. The smallest absolute Gasteiger partial charge is 0.408 e. The topological polar surface area (TPSA) is 90.1 Å². The van der Waals surface area contributed by atoms with Gasteiger partial charge in [0.1, 0.15) is 11.1 Å². The number of alkyl carbamates (subject to hydrolysis) is 1. The summed E-state index contributed by atoms with van der Waals surface area (Å²) in [7, 11) is 0.